The molecule has 2 N–H and O–H groups in total. The van der Waals surface area contributed by atoms with Gasteiger partial charge in [-0.15, -0.1) is 0 Å². The molecule has 9 heteroatoms. The molecule has 0 aromatic rings. The number of aliphatic hydroxyl groups excluding tert-OH is 1. The minimum atomic E-state index is -4.59. The fraction of sp³-hybridized carbons (Fsp3) is 0.896. The second-order valence-electron chi connectivity index (χ2n) is 17.8. The van der Waals surface area contributed by atoms with Gasteiger partial charge < -0.3 is 28.8 Å². The van der Waals surface area contributed by atoms with Gasteiger partial charge in [0.1, 0.15) is 13.2 Å². The van der Waals surface area contributed by atoms with Crippen molar-refractivity contribution in [3.05, 3.63) is 24.3 Å². The fourth-order valence-electron chi connectivity index (χ4n) is 7.05. The number of unbranched alkanes of at least 4 members (excludes halogenated alkanes) is 29. The van der Waals surface area contributed by atoms with Crippen LogP contribution < -0.4 is 10.2 Å². The first-order valence-electron chi connectivity index (χ1n) is 24.2. The van der Waals surface area contributed by atoms with Crippen LogP contribution in [0.1, 0.15) is 226 Å². The van der Waals surface area contributed by atoms with E-state index in [1.807, 2.05) is 27.2 Å². The lowest BCUT2D eigenvalue weighted by molar-refractivity contribution is -0.870. The largest absolute Gasteiger partial charge is 0.756 e. The van der Waals surface area contributed by atoms with Gasteiger partial charge in [0, 0.05) is 6.42 Å². The molecule has 338 valence electrons. The standard InChI is InChI=1S/C48H95N2O6P/c1-6-8-10-12-14-16-18-20-22-24-25-26-27-29-31-33-35-37-39-41-47(51)46(45-56-57(53,54)55-44-43-50(3,4)5)49-48(52)42-40-38-36-34-32-30-28-23-21-19-17-15-13-11-9-7-2/h31,33,39,41,46-47,51H,6-30,32,34-38,40,42-45H2,1-5H3,(H-,49,52,53,54)/b33-31+,41-39+. The monoisotopic (exact) mass is 827 g/mol. The van der Waals surface area contributed by atoms with Gasteiger partial charge in [0.15, 0.2) is 0 Å². The molecule has 0 radical (unpaired) electrons. The first kappa shape index (κ1) is 56.0. The molecule has 0 heterocycles. The van der Waals surface area contributed by atoms with Crippen molar-refractivity contribution in [3.63, 3.8) is 0 Å². The summed E-state index contributed by atoms with van der Waals surface area (Å²) in [6.07, 6.45) is 48.0. The van der Waals surface area contributed by atoms with E-state index in [4.69, 9.17) is 9.05 Å². The van der Waals surface area contributed by atoms with Crippen LogP contribution in [0.25, 0.3) is 0 Å². The third kappa shape index (κ3) is 42.9. The van der Waals surface area contributed by atoms with Gasteiger partial charge >= 0.3 is 0 Å². The topological polar surface area (TPSA) is 108 Å². The predicted molar refractivity (Wildman–Crippen MR) is 242 cm³/mol. The molecule has 0 saturated carbocycles. The Morgan fingerprint density at radius 1 is 0.596 bits per heavy atom. The van der Waals surface area contributed by atoms with Crippen LogP contribution in [-0.4, -0.2) is 68.5 Å². The molecule has 57 heavy (non-hydrogen) atoms. The number of carbonyl (C=O) groups is 1. The number of phosphoric ester groups is 1. The SMILES string of the molecule is CCCCCCCCCCCCCCC/C=C/CC/C=C/C(O)C(COP(=O)([O-])OCC[N+](C)(C)C)NC(=O)CCCCCCCCCCCCCCCCCC. The Kier molecular flexibility index (Phi) is 39.7. The van der Waals surface area contributed by atoms with Crippen molar-refractivity contribution in [3.8, 4) is 0 Å². The molecule has 0 bridgehead atoms. The number of phosphoric acid groups is 1. The van der Waals surface area contributed by atoms with Crippen molar-refractivity contribution < 1.29 is 32.9 Å². The van der Waals surface area contributed by atoms with Crippen molar-refractivity contribution in [2.24, 2.45) is 0 Å². The second kappa shape index (κ2) is 40.4. The molecule has 8 nitrogen and oxygen atoms in total. The number of carbonyl (C=O) groups excluding carboxylic acids is 1. The minimum absolute atomic E-state index is 0.00408. The fourth-order valence-corrected chi connectivity index (χ4v) is 7.77. The molecular weight excluding hydrogens is 732 g/mol. The Hall–Kier alpha value is -1.02. The Bertz CT molecular complexity index is 984. The van der Waals surface area contributed by atoms with Crippen LogP contribution >= 0.6 is 7.82 Å². The summed E-state index contributed by atoms with van der Waals surface area (Å²) in [5.41, 5.74) is 0. The Morgan fingerprint density at radius 2 is 0.982 bits per heavy atom. The first-order valence-corrected chi connectivity index (χ1v) is 25.7. The average molecular weight is 827 g/mol. The molecule has 3 unspecified atom stereocenters. The third-order valence-corrected chi connectivity index (χ3v) is 11.9. The van der Waals surface area contributed by atoms with Gasteiger partial charge in [0.2, 0.25) is 5.91 Å². The van der Waals surface area contributed by atoms with Crippen LogP contribution in [0.2, 0.25) is 0 Å². The number of rotatable bonds is 44. The maximum atomic E-state index is 12.9. The lowest BCUT2D eigenvalue weighted by Crippen LogP contribution is -2.45. The van der Waals surface area contributed by atoms with Crippen LogP contribution in [0.3, 0.4) is 0 Å². The van der Waals surface area contributed by atoms with E-state index in [9.17, 15) is 19.4 Å². The van der Waals surface area contributed by atoms with E-state index < -0.39 is 20.0 Å². The zero-order valence-electron chi connectivity index (χ0n) is 38.3. The van der Waals surface area contributed by atoms with E-state index in [0.29, 0.717) is 17.4 Å². The van der Waals surface area contributed by atoms with Gasteiger partial charge in [-0.05, 0) is 32.1 Å². The first-order chi connectivity index (χ1) is 27.5. The highest BCUT2D eigenvalue weighted by Gasteiger charge is 2.23. The molecule has 0 spiro atoms. The molecule has 0 aromatic heterocycles. The number of nitrogens with zero attached hydrogens (tertiary/aromatic N) is 1. The molecule has 0 aromatic carbocycles. The van der Waals surface area contributed by atoms with Crippen LogP contribution in [0.15, 0.2) is 24.3 Å². The molecule has 0 aliphatic rings. The van der Waals surface area contributed by atoms with Crippen molar-refractivity contribution in [2.75, 3.05) is 40.9 Å². The molecular formula is C48H95N2O6P. The summed E-state index contributed by atoms with van der Waals surface area (Å²) >= 11 is 0. The normalized spacial score (nSPS) is 14.4. The van der Waals surface area contributed by atoms with E-state index in [0.717, 1.165) is 38.5 Å². The molecule has 0 rings (SSSR count). The summed E-state index contributed by atoms with van der Waals surface area (Å²) in [6, 6.07) is -0.898. The lowest BCUT2D eigenvalue weighted by atomic mass is 10.0. The third-order valence-electron chi connectivity index (χ3n) is 10.9. The smallest absolute Gasteiger partial charge is 0.268 e. The zero-order valence-corrected chi connectivity index (χ0v) is 39.2. The molecule has 0 fully saturated rings. The summed E-state index contributed by atoms with van der Waals surface area (Å²) in [4.78, 5) is 25.3. The van der Waals surface area contributed by atoms with Crippen LogP contribution in [0.5, 0.6) is 0 Å². The average Bonchev–Trinajstić information content (AvgIpc) is 3.16. The number of hydrogen-bond acceptors (Lipinski definition) is 6. The lowest BCUT2D eigenvalue weighted by Gasteiger charge is -2.29. The number of quaternary nitrogens is 1. The van der Waals surface area contributed by atoms with Crippen LogP contribution in [0.4, 0.5) is 0 Å². The number of hydrogen-bond donors (Lipinski definition) is 2. The van der Waals surface area contributed by atoms with E-state index in [1.54, 1.807) is 6.08 Å². The maximum Gasteiger partial charge on any atom is 0.268 e. The highest BCUT2D eigenvalue weighted by Crippen LogP contribution is 2.38. The van der Waals surface area contributed by atoms with E-state index >= 15 is 0 Å². The Morgan fingerprint density at radius 3 is 1.42 bits per heavy atom. The van der Waals surface area contributed by atoms with Gasteiger partial charge in [-0.2, -0.15) is 0 Å². The van der Waals surface area contributed by atoms with Gasteiger partial charge in [0.05, 0.1) is 39.9 Å². The predicted octanol–water partition coefficient (Wildman–Crippen LogP) is 13.1. The Balaban J connectivity index is 4.39. The maximum absolute atomic E-state index is 12.9. The number of nitrogens with one attached hydrogen (secondary N) is 1. The van der Waals surface area contributed by atoms with E-state index in [2.05, 4.69) is 31.3 Å². The number of allylic oxidation sites excluding steroid dienone is 3. The van der Waals surface area contributed by atoms with Crippen LogP contribution in [0, 0.1) is 0 Å². The highest BCUT2D eigenvalue weighted by molar-refractivity contribution is 7.45. The van der Waals surface area contributed by atoms with Gasteiger partial charge in [-0.1, -0.05) is 212 Å². The summed E-state index contributed by atoms with van der Waals surface area (Å²) in [5.74, 6) is -0.204. The quantitative estimate of drug-likeness (QED) is 0.0274. The molecule has 3 atom stereocenters. The Labute approximate surface area is 354 Å². The second-order valence-corrected chi connectivity index (χ2v) is 19.2. The van der Waals surface area contributed by atoms with Crippen molar-refractivity contribution in [2.45, 2.75) is 238 Å². The van der Waals surface area contributed by atoms with Gasteiger partial charge in [0.25, 0.3) is 7.82 Å². The summed E-state index contributed by atoms with van der Waals surface area (Å²) < 4.78 is 23.2. The molecule has 0 saturated heterocycles. The number of likely N-dealkylation sites (N-methyl/N-ethyl adjacent to an activating group) is 1. The zero-order chi connectivity index (χ0) is 42.1. The van der Waals surface area contributed by atoms with Gasteiger partial charge in [-0.3, -0.25) is 9.36 Å². The van der Waals surface area contributed by atoms with Gasteiger partial charge in [-0.25, -0.2) is 0 Å². The summed E-state index contributed by atoms with van der Waals surface area (Å²) in [5, 5.41) is 13.8. The number of aliphatic hydroxyl groups is 1. The van der Waals surface area contributed by atoms with Crippen molar-refractivity contribution in [1.82, 2.24) is 5.32 Å². The highest BCUT2D eigenvalue weighted by atomic mass is 31.2. The molecule has 0 aliphatic carbocycles. The minimum Gasteiger partial charge on any atom is -0.756 e. The van der Waals surface area contributed by atoms with E-state index in [-0.39, 0.29) is 19.1 Å². The number of amides is 1. The van der Waals surface area contributed by atoms with Crippen LogP contribution in [-0.2, 0) is 18.4 Å². The van der Waals surface area contributed by atoms with Crippen molar-refractivity contribution in [1.29, 1.82) is 0 Å². The molecule has 1 amide bonds. The summed E-state index contributed by atoms with van der Waals surface area (Å²) in [7, 11) is 1.25. The summed E-state index contributed by atoms with van der Waals surface area (Å²) in [6.45, 7) is 4.65. The van der Waals surface area contributed by atoms with Crippen molar-refractivity contribution >= 4 is 13.7 Å². The van der Waals surface area contributed by atoms with E-state index in [1.165, 1.54) is 167 Å². The molecule has 0 aliphatic heterocycles.